The number of hydrogen-bond acceptors (Lipinski definition) is 1. The van der Waals surface area contributed by atoms with Crippen LogP contribution in [0.15, 0.2) is 18.2 Å². The number of para-hydroxylation sites is 1. The molecule has 0 atom stereocenters. The monoisotopic (exact) mass is 273 g/mol. The van der Waals surface area contributed by atoms with E-state index in [1.165, 1.54) is 38.5 Å². The Labute approximate surface area is 115 Å². The van der Waals surface area contributed by atoms with Crippen molar-refractivity contribution in [1.29, 1.82) is 0 Å². The molecule has 0 radical (unpaired) electrons. The first-order chi connectivity index (χ1) is 8.25. The molecule has 3 heteroatoms. The molecule has 0 aliphatic carbocycles. The normalized spacial score (nSPS) is 10.5. The number of hydrogen-bond donors (Lipinski definition) is 1. The largest absolute Gasteiger partial charge is 0.383 e. The van der Waals surface area contributed by atoms with Gasteiger partial charge in [0, 0.05) is 6.54 Å². The van der Waals surface area contributed by atoms with E-state index in [1.54, 1.807) is 0 Å². The summed E-state index contributed by atoms with van der Waals surface area (Å²) in [7, 11) is 0. The molecule has 1 aromatic carbocycles. The third-order valence-electron chi connectivity index (χ3n) is 2.79. The lowest BCUT2D eigenvalue weighted by molar-refractivity contribution is 0.617. The summed E-state index contributed by atoms with van der Waals surface area (Å²) in [4.78, 5) is 0. The Hall–Kier alpha value is -0.400. The highest BCUT2D eigenvalue weighted by atomic mass is 35.5. The molecule has 96 valence electrons. The molecular formula is C14H21Cl2N. The lowest BCUT2D eigenvalue weighted by Crippen LogP contribution is -2.02. The minimum absolute atomic E-state index is 0.698. The van der Waals surface area contributed by atoms with Crippen molar-refractivity contribution in [2.75, 3.05) is 11.9 Å². The Morgan fingerprint density at radius 1 is 0.941 bits per heavy atom. The standard InChI is InChI=1S/C14H21Cl2N/c1-2-3-4-5-6-7-11-17-14-12(15)9-8-10-13(14)16/h8-10,17H,2-7,11H2,1H3. The zero-order valence-corrected chi connectivity index (χ0v) is 11.9. The summed E-state index contributed by atoms with van der Waals surface area (Å²) in [5, 5.41) is 4.70. The van der Waals surface area contributed by atoms with Gasteiger partial charge in [-0.25, -0.2) is 0 Å². The van der Waals surface area contributed by atoms with Crippen LogP contribution in [0.5, 0.6) is 0 Å². The number of unbranched alkanes of at least 4 members (excludes halogenated alkanes) is 5. The average molecular weight is 274 g/mol. The predicted octanol–water partition coefficient (Wildman–Crippen LogP) is 5.77. The SMILES string of the molecule is CCCCCCCCNc1c(Cl)cccc1Cl. The van der Waals surface area contributed by atoms with Gasteiger partial charge in [0.2, 0.25) is 0 Å². The molecular weight excluding hydrogens is 253 g/mol. The predicted molar refractivity (Wildman–Crippen MR) is 78.3 cm³/mol. The second-order valence-electron chi connectivity index (χ2n) is 4.29. The van der Waals surface area contributed by atoms with Crippen LogP contribution in [0.2, 0.25) is 10.0 Å². The van der Waals surface area contributed by atoms with Crippen LogP contribution in [-0.4, -0.2) is 6.54 Å². The van der Waals surface area contributed by atoms with Gasteiger partial charge in [0.1, 0.15) is 0 Å². The summed E-state index contributed by atoms with van der Waals surface area (Å²) < 4.78 is 0. The number of halogens is 2. The summed E-state index contributed by atoms with van der Waals surface area (Å²) in [6.45, 7) is 3.18. The Bertz CT molecular complexity index is 306. The van der Waals surface area contributed by atoms with Gasteiger partial charge in [0.25, 0.3) is 0 Å². The quantitative estimate of drug-likeness (QED) is 0.594. The van der Waals surface area contributed by atoms with Crippen LogP contribution in [0, 0.1) is 0 Å². The third-order valence-corrected chi connectivity index (χ3v) is 3.42. The van der Waals surface area contributed by atoms with Crippen molar-refractivity contribution in [3.63, 3.8) is 0 Å². The van der Waals surface area contributed by atoms with Gasteiger partial charge in [-0.3, -0.25) is 0 Å². The summed E-state index contributed by atoms with van der Waals surface area (Å²) in [6, 6.07) is 5.58. The van der Waals surface area contributed by atoms with E-state index in [0.29, 0.717) is 10.0 Å². The minimum atomic E-state index is 0.698. The fraction of sp³-hybridized carbons (Fsp3) is 0.571. The van der Waals surface area contributed by atoms with Crippen molar-refractivity contribution in [3.8, 4) is 0 Å². The van der Waals surface area contributed by atoms with Gasteiger partial charge in [0.15, 0.2) is 0 Å². The second kappa shape index (κ2) is 8.66. The van der Waals surface area contributed by atoms with E-state index in [4.69, 9.17) is 23.2 Å². The van der Waals surface area contributed by atoms with E-state index >= 15 is 0 Å². The van der Waals surface area contributed by atoms with Crippen LogP contribution >= 0.6 is 23.2 Å². The molecule has 17 heavy (non-hydrogen) atoms. The molecule has 1 rings (SSSR count). The highest BCUT2D eigenvalue weighted by molar-refractivity contribution is 6.39. The summed E-state index contributed by atoms with van der Waals surface area (Å²) in [5.74, 6) is 0. The molecule has 0 bridgehead atoms. The molecule has 1 aromatic rings. The second-order valence-corrected chi connectivity index (χ2v) is 5.11. The van der Waals surface area contributed by atoms with E-state index in [1.807, 2.05) is 18.2 Å². The lowest BCUT2D eigenvalue weighted by Gasteiger charge is -2.09. The van der Waals surface area contributed by atoms with Gasteiger partial charge >= 0.3 is 0 Å². The molecule has 0 unspecified atom stereocenters. The van der Waals surface area contributed by atoms with E-state index in [2.05, 4.69) is 12.2 Å². The Kier molecular flexibility index (Phi) is 7.46. The fourth-order valence-electron chi connectivity index (χ4n) is 1.79. The molecule has 0 amide bonds. The van der Waals surface area contributed by atoms with Gasteiger partial charge in [-0.1, -0.05) is 68.3 Å². The van der Waals surface area contributed by atoms with Gasteiger partial charge in [-0.05, 0) is 18.6 Å². The Morgan fingerprint density at radius 3 is 2.18 bits per heavy atom. The fourth-order valence-corrected chi connectivity index (χ4v) is 2.32. The Morgan fingerprint density at radius 2 is 1.53 bits per heavy atom. The number of nitrogens with one attached hydrogen (secondary N) is 1. The van der Waals surface area contributed by atoms with Crippen molar-refractivity contribution in [2.24, 2.45) is 0 Å². The maximum absolute atomic E-state index is 6.06. The molecule has 0 aliphatic heterocycles. The van der Waals surface area contributed by atoms with E-state index < -0.39 is 0 Å². The van der Waals surface area contributed by atoms with Gasteiger partial charge in [-0.2, -0.15) is 0 Å². The highest BCUT2D eigenvalue weighted by Gasteiger charge is 2.03. The zero-order valence-electron chi connectivity index (χ0n) is 10.4. The maximum atomic E-state index is 6.06. The first-order valence-electron chi connectivity index (χ1n) is 6.43. The first-order valence-corrected chi connectivity index (χ1v) is 7.19. The molecule has 0 spiro atoms. The zero-order chi connectivity index (χ0) is 12.5. The highest BCUT2D eigenvalue weighted by Crippen LogP contribution is 2.29. The van der Waals surface area contributed by atoms with Crippen molar-refractivity contribution >= 4 is 28.9 Å². The average Bonchev–Trinajstić information content (AvgIpc) is 2.31. The number of rotatable bonds is 8. The van der Waals surface area contributed by atoms with Crippen molar-refractivity contribution in [2.45, 2.75) is 45.4 Å². The summed E-state index contributed by atoms with van der Waals surface area (Å²) in [5.41, 5.74) is 0.865. The lowest BCUT2D eigenvalue weighted by atomic mass is 10.1. The van der Waals surface area contributed by atoms with E-state index in [-0.39, 0.29) is 0 Å². The van der Waals surface area contributed by atoms with Crippen LogP contribution in [0.1, 0.15) is 45.4 Å². The van der Waals surface area contributed by atoms with Crippen molar-refractivity contribution < 1.29 is 0 Å². The maximum Gasteiger partial charge on any atom is 0.0718 e. The van der Waals surface area contributed by atoms with Crippen LogP contribution in [-0.2, 0) is 0 Å². The molecule has 0 saturated carbocycles. The van der Waals surface area contributed by atoms with Gasteiger partial charge < -0.3 is 5.32 Å². The first kappa shape index (κ1) is 14.7. The van der Waals surface area contributed by atoms with Crippen LogP contribution in [0.25, 0.3) is 0 Å². The summed E-state index contributed by atoms with van der Waals surface area (Å²) in [6.07, 6.45) is 7.77. The van der Waals surface area contributed by atoms with Gasteiger partial charge in [-0.15, -0.1) is 0 Å². The topological polar surface area (TPSA) is 12.0 Å². The van der Waals surface area contributed by atoms with E-state index in [0.717, 1.165) is 12.2 Å². The van der Waals surface area contributed by atoms with Crippen LogP contribution in [0.4, 0.5) is 5.69 Å². The van der Waals surface area contributed by atoms with Crippen molar-refractivity contribution in [1.82, 2.24) is 0 Å². The molecule has 0 heterocycles. The molecule has 0 saturated heterocycles. The molecule has 0 aliphatic rings. The van der Waals surface area contributed by atoms with Crippen LogP contribution < -0.4 is 5.32 Å². The molecule has 0 aromatic heterocycles. The number of anilines is 1. The summed E-state index contributed by atoms with van der Waals surface area (Å²) >= 11 is 12.1. The molecule has 1 N–H and O–H groups in total. The Balaban J connectivity index is 2.18. The minimum Gasteiger partial charge on any atom is -0.383 e. The van der Waals surface area contributed by atoms with Crippen molar-refractivity contribution in [3.05, 3.63) is 28.2 Å². The third kappa shape index (κ3) is 5.65. The molecule has 0 fully saturated rings. The number of benzene rings is 1. The smallest absolute Gasteiger partial charge is 0.0718 e. The molecule has 1 nitrogen and oxygen atoms in total. The van der Waals surface area contributed by atoms with Crippen LogP contribution in [0.3, 0.4) is 0 Å². The van der Waals surface area contributed by atoms with Gasteiger partial charge in [0.05, 0.1) is 15.7 Å². The van der Waals surface area contributed by atoms with E-state index in [9.17, 15) is 0 Å².